The smallest absolute Gasteiger partial charge is 0.181 e. The van der Waals surface area contributed by atoms with Gasteiger partial charge in [-0.3, -0.25) is 4.79 Å². The summed E-state index contributed by atoms with van der Waals surface area (Å²) in [7, 11) is -3.47. The zero-order valence-electron chi connectivity index (χ0n) is 14.5. The SMILES string of the molecule is CC(C)(C)OOC(CC1CCC(=O)C1)CS(=O)(=O)c1ccccc1. The van der Waals surface area contributed by atoms with Gasteiger partial charge in [-0.05, 0) is 51.7 Å². The van der Waals surface area contributed by atoms with Gasteiger partial charge in [-0.1, -0.05) is 18.2 Å². The lowest BCUT2D eigenvalue weighted by molar-refractivity contribution is -0.371. The van der Waals surface area contributed by atoms with Crippen LogP contribution in [0.2, 0.25) is 0 Å². The Morgan fingerprint density at radius 3 is 2.42 bits per heavy atom. The van der Waals surface area contributed by atoms with Gasteiger partial charge in [0, 0.05) is 12.8 Å². The molecule has 0 N–H and O–H groups in total. The summed E-state index contributed by atoms with van der Waals surface area (Å²) in [5, 5.41) is 0. The quantitative estimate of drug-likeness (QED) is 0.555. The first-order valence-electron chi connectivity index (χ1n) is 8.30. The van der Waals surface area contributed by atoms with Gasteiger partial charge in [0.1, 0.15) is 11.9 Å². The minimum atomic E-state index is -3.47. The summed E-state index contributed by atoms with van der Waals surface area (Å²) in [6.45, 7) is 5.53. The van der Waals surface area contributed by atoms with Crippen LogP contribution < -0.4 is 0 Å². The molecule has 134 valence electrons. The van der Waals surface area contributed by atoms with Crippen molar-refractivity contribution in [1.29, 1.82) is 0 Å². The Hall–Kier alpha value is -1.24. The molecule has 0 amide bonds. The largest absolute Gasteiger partial charge is 0.300 e. The third-order valence-corrected chi connectivity index (χ3v) is 5.69. The topological polar surface area (TPSA) is 69.7 Å². The van der Waals surface area contributed by atoms with Gasteiger partial charge in [-0.2, -0.15) is 0 Å². The molecule has 24 heavy (non-hydrogen) atoms. The number of Topliss-reactive ketones (excluding diaryl/α,β-unsaturated/α-hetero) is 1. The molecule has 0 saturated heterocycles. The molecule has 2 rings (SSSR count). The molecular formula is C18H26O5S. The summed E-state index contributed by atoms with van der Waals surface area (Å²) < 4.78 is 25.2. The number of hydrogen-bond donors (Lipinski definition) is 0. The van der Waals surface area contributed by atoms with Crippen LogP contribution in [0, 0.1) is 5.92 Å². The predicted octanol–water partition coefficient (Wildman–Crippen LogP) is 3.33. The molecule has 0 aromatic heterocycles. The highest BCUT2D eigenvalue weighted by molar-refractivity contribution is 7.91. The van der Waals surface area contributed by atoms with Gasteiger partial charge in [-0.15, -0.1) is 0 Å². The number of rotatable bonds is 7. The Bertz CT molecular complexity index is 646. The Labute approximate surface area is 144 Å². The van der Waals surface area contributed by atoms with E-state index in [4.69, 9.17) is 9.78 Å². The molecule has 0 aliphatic heterocycles. The summed E-state index contributed by atoms with van der Waals surface area (Å²) in [6, 6.07) is 8.33. The monoisotopic (exact) mass is 354 g/mol. The van der Waals surface area contributed by atoms with Gasteiger partial charge in [0.25, 0.3) is 0 Å². The van der Waals surface area contributed by atoms with E-state index in [1.54, 1.807) is 30.3 Å². The highest BCUT2D eigenvalue weighted by Gasteiger charge is 2.30. The maximum Gasteiger partial charge on any atom is 0.181 e. The van der Waals surface area contributed by atoms with Crippen LogP contribution in [-0.4, -0.2) is 31.7 Å². The van der Waals surface area contributed by atoms with E-state index in [0.717, 1.165) is 6.42 Å². The maximum absolute atomic E-state index is 12.6. The minimum Gasteiger partial charge on any atom is -0.300 e. The molecule has 0 heterocycles. The number of hydrogen-bond acceptors (Lipinski definition) is 5. The van der Waals surface area contributed by atoms with Gasteiger partial charge in [0.2, 0.25) is 0 Å². The summed E-state index contributed by atoms with van der Waals surface area (Å²) in [5.74, 6) is 0.246. The Balaban J connectivity index is 2.08. The molecule has 5 nitrogen and oxygen atoms in total. The van der Waals surface area contributed by atoms with Gasteiger partial charge in [-0.25, -0.2) is 18.2 Å². The fraction of sp³-hybridized carbons (Fsp3) is 0.611. The van der Waals surface area contributed by atoms with Crippen molar-refractivity contribution in [2.24, 2.45) is 5.92 Å². The fourth-order valence-electron chi connectivity index (χ4n) is 2.78. The van der Waals surface area contributed by atoms with Crippen LogP contribution in [0.4, 0.5) is 0 Å². The average molecular weight is 354 g/mol. The first kappa shape index (κ1) is 19.1. The van der Waals surface area contributed by atoms with Crippen molar-refractivity contribution in [3.63, 3.8) is 0 Å². The molecule has 1 aromatic carbocycles. The highest BCUT2D eigenvalue weighted by Crippen LogP contribution is 2.29. The van der Waals surface area contributed by atoms with Crippen molar-refractivity contribution >= 4 is 15.6 Å². The maximum atomic E-state index is 12.6. The second kappa shape index (κ2) is 7.76. The van der Waals surface area contributed by atoms with E-state index in [1.807, 2.05) is 20.8 Å². The molecule has 2 unspecified atom stereocenters. The molecule has 1 aliphatic carbocycles. The second-order valence-electron chi connectivity index (χ2n) is 7.39. The van der Waals surface area contributed by atoms with Gasteiger partial charge in [0.05, 0.1) is 16.2 Å². The predicted molar refractivity (Wildman–Crippen MR) is 91.2 cm³/mol. The number of benzene rings is 1. The Morgan fingerprint density at radius 1 is 1.21 bits per heavy atom. The number of carbonyl (C=O) groups excluding carboxylic acids is 1. The molecule has 1 aliphatic rings. The van der Waals surface area contributed by atoms with Crippen LogP contribution in [0.25, 0.3) is 0 Å². The van der Waals surface area contributed by atoms with Crippen LogP contribution in [0.1, 0.15) is 46.5 Å². The fourth-order valence-corrected chi connectivity index (χ4v) is 4.23. The van der Waals surface area contributed by atoms with Crippen molar-refractivity contribution in [3.05, 3.63) is 30.3 Å². The van der Waals surface area contributed by atoms with Gasteiger partial charge < -0.3 is 0 Å². The van der Waals surface area contributed by atoms with Crippen molar-refractivity contribution in [2.75, 3.05) is 5.75 Å². The lowest BCUT2D eigenvalue weighted by Gasteiger charge is -2.25. The second-order valence-corrected chi connectivity index (χ2v) is 9.43. The van der Waals surface area contributed by atoms with Crippen LogP contribution in [0.5, 0.6) is 0 Å². The molecule has 2 atom stereocenters. The van der Waals surface area contributed by atoms with E-state index >= 15 is 0 Å². The summed E-state index contributed by atoms with van der Waals surface area (Å²) in [6.07, 6.45) is 1.78. The van der Waals surface area contributed by atoms with Gasteiger partial charge >= 0.3 is 0 Å². The third-order valence-electron chi connectivity index (χ3n) is 3.89. The van der Waals surface area contributed by atoms with Crippen molar-refractivity contribution in [2.45, 2.75) is 63.1 Å². The van der Waals surface area contributed by atoms with E-state index in [1.165, 1.54) is 0 Å². The van der Waals surface area contributed by atoms with Gasteiger partial charge in [0.15, 0.2) is 9.84 Å². The first-order valence-corrected chi connectivity index (χ1v) is 9.95. The van der Waals surface area contributed by atoms with E-state index in [2.05, 4.69) is 0 Å². The van der Waals surface area contributed by atoms with Crippen LogP contribution >= 0.6 is 0 Å². The van der Waals surface area contributed by atoms with Crippen molar-refractivity contribution in [3.8, 4) is 0 Å². The van der Waals surface area contributed by atoms with E-state index < -0.39 is 21.5 Å². The molecule has 0 bridgehead atoms. The van der Waals surface area contributed by atoms with Crippen molar-refractivity contribution in [1.82, 2.24) is 0 Å². The lowest BCUT2D eigenvalue weighted by atomic mass is 10.0. The Morgan fingerprint density at radius 2 is 1.88 bits per heavy atom. The van der Waals surface area contributed by atoms with Crippen molar-refractivity contribution < 1.29 is 23.0 Å². The first-order chi connectivity index (χ1) is 11.2. The zero-order valence-corrected chi connectivity index (χ0v) is 15.3. The average Bonchev–Trinajstić information content (AvgIpc) is 2.90. The standard InChI is InChI=1S/C18H26O5S/c1-18(2,3)23-22-16(12-14-9-10-15(19)11-14)13-24(20,21)17-7-5-4-6-8-17/h4-8,14,16H,9-13H2,1-3H3. The number of carbonyl (C=O) groups is 1. The van der Waals surface area contributed by atoms with Crippen LogP contribution in [0.3, 0.4) is 0 Å². The normalized spacial score (nSPS) is 20.3. The molecular weight excluding hydrogens is 328 g/mol. The molecule has 6 heteroatoms. The summed E-state index contributed by atoms with van der Waals surface area (Å²) in [5.41, 5.74) is -0.528. The molecule has 0 spiro atoms. The van der Waals surface area contributed by atoms with E-state index in [9.17, 15) is 13.2 Å². The highest BCUT2D eigenvalue weighted by atomic mass is 32.2. The molecule has 1 aromatic rings. The van der Waals surface area contributed by atoms with Crippen LogP contribution in [0.15, 0.2) is 35.2 Å². The lowest BCUT2D eigenvalue weighted by Crippen LogP contribution is -2.30. The third kappa shape index (κ3) is 6.00. The molecule has 0 radical (unpaired) electrons. The molecule has 1 saturated carbocycles. The molecule has 1 fully saturated rings. The van der Waals surface area contributed by atoms with Crippen LogP contribution in [-0.2, 0) is 24.4 Å². The number of ketones is 1. The zero-order chi connectivity index (χ0) is 17.8. The van der Waals surface area contributed by atoms with E-state index in [-0.39, 0.29) is 22.3 Å². The number of sulfone groups is 1. The summed E-state index contributed by atoms with van der Waals surface area (Å²) >= 11 is 0. The summed E-state index contributed by atoms with van der Waals surface area (Å²) in [4.78, 5) is 22.6. The minimum absolute atomic E-state index is 0.155. The Kier molecular flexibility index (Phi) is 6.17. The van der Waals surface area contributed by atoms with E-state index in [0.29, 0.717) is 19.3 Å².